The van der Waals surface area contributed by atoms with Crippen LogP contribution in [0.15, 0.2) is 72.8 Å². The Morgan fingerprint density at radius 3 is 2.66 bits per heavy atom. The summed E-state index contributed by atoms with van der Waals surface area (Å²) in [6.07, 6.45) is 0. The van der Waals surface area contributed by atoms with Crippen molar-refractivity contribution in [3.8, 4) is 0 Å². The molecule has 176 valence electrons. The van der Waals surface area contributed by atoms with Crippen LogP contribution in [0.2, 0.25) is 0 Å². The zero-order chi connectivity index (χ0) is 24.3. The lowest BCUT2D eigenvalue weighted by Crippen LogP contribution is -2.52. The number of amides is 1. The van der Waals surface area contributed by atoms with Crippen LogP contribution in [0, 0.1) is 23.0 Å². The van der Waals surface area contributed by atoms with Crippen molar-refractivity contribution >= 4 is 34.8 Å². The molecule has 3 aromatic rings. The molecule has 1 spiro atoms. The van der Waals surface area contributed by atoms with Crippen LogP contribution < -0.4 is 5.32 Å². The largest absolute Gasteiger partial charge is 0.324 e. The Morgan fingerprint density at radius 1 is 1.11 bits per heavy atom. The molecule has 7 nitrogen and oxygen atoms in total. The second kappa shape index (κ2) is 8.03. The first-order valence-electron chi connectivity index (χ1n) is 11.5. The summed E-state index contributed by atoms with van der Waals surface area (Å²) in [5, 5.41) is 14.6. The van der Waals surface area contributed by atoms with Gasteiger partial charge in [-0.2, -0.15) is 0 Å². The number of fused-ring (bicyclic) bond motifs is 4. The molecule has 6 rings (SSSR count). The van der Waals surface area contributed by atoms with Crippen molar-refractivity contribution in [3.63, 3.8) is 0 Å². The number of nitrogens with zero attached hydrogens (tertiary/aromatic N) is 2. The quantitative estimate of drug-likeness (QED) is 0.327. The topological polar surface area (TPSA) is 92.5 Å². The number of aryl methyl sites for hydroxylation is 1. The second-order valence-electron chi connectivity index (χ2n) is 9.39. The van der Waals surface area contributed by atoms with Crippen molar-refractivity contribution in [1.82, 2.24) is 4.90 Å². The van der Waals surface area contributed by atoms with Crippen LogP contribution in [0.25, 0.3) is 0 Å². The molecule has 1 N–H and O–H groups in total. The van der Waals surface area contributed by atoms with E-state index in [1.54, 1.807) is 23.9 Å². The van der Waals surface area contributed by atoms with Gasteiger partial charge in [0.15, 0.2) is 5.78 Å². The van der Waals surface area contributed by atoms with Crippen molar-refractivity contribution in [1.29, 1.82) is 0 Å². The Balaban J connectivity index is 1.61. The fraction of sp³-hybridized carbons (Fsp3) is 0.259. The van der Waals surface area contributed by atoms with Crippen LogP contribution in [-0.4, -0.2) is 39.2 Å². The number of hydrogen-bond acceptors (Lipinski definition) is 6. The summed E-state index contributed by atoms with van der Waals surface area (Å²) >= 11 is 1.72. The molecule has 3 aliphatic rings. The summed E-state index contributed by atoms with van der Waals surface area (Å²) in [6.45, 7) is 1.96. The first kappa shape index (κ1) is 22.0. The highest BCUT2D eigenvalue weighted by atomic mass is 32.2. The first-order valence-corrected chi connectivity index (χ1v) is 12.7. The van der Waals surface area contributed by atoms with E-state index in [0.29, 0.717) is 11.4 Å². The molecule has 0 aliphatic carbocycles. The fourth-order valence-corrected chi connectivity index (χ4v) is 7.47. The van der Waals surface area contributed by atoms with Crippen LogP contribution in [0.3, 0.4) is 0 Å². The van der Waals surface area contributed by atoms with Crippen LogP contribution in [-0.2, 0) is 10.3 Å². The molecule has 3 aliphatic heterocycles. The van der Waals surface area contributed by atoms with Crippen LogP contribution >= 0.6 is 11.8 Å². The summed E-state index contributed by atoms with van der Waals surface area (Å²) in [4.78, 5) is 41.6. The number of carbonyl (C=O) groups is 2. The highest BCUT2D eigenvalue weighted by molar-refractivity contribution is 7.99. The zero-order valence-electron chi connectivity index (χ0n) is 19.0. The highest BCUT2D eigenvalue weighted by Crippen LogP contribution is 2.61. The van der Waals surface area contributed by atoms with E-state index < -0.39 is 16.4 Å². The van der Waals surface area contributed by atoms with Crippen LogP contribution in [0.1, 0.15) is 33.0 Å². The average Bonchev–Trinajstić information content (AvgIpc) is 3.52. The SMILES string of the molecule is Cc1ccc(C(=O)[C@@H]2[C@@H](c3cccc([N+](=O)[O-])c3)[C@@H]3CSCN3[C@@]23C(=O)Nc2ccccc23)cc1. The minimum absolute atomic E-state index is 0.0153. The van der Waals surface area contributed by atoms with Crippen LogP contribution in [0.4, 0.5) is 11.4 Å². The number of nitro groups is 1. The Hall–Kier alpha value is -3.49. The number of Topliss-reactive ketones (excluding diaryl/α,β-unsaturated/α-hetero) is 1. The fourth-order valence-electron chi connectivity index (χ4n) is 6.15. The van der Waals surface area contributed by atoms with E-state index in [1.807, 2.05) is 61.5 Å². The zero-order valence-corrected chi connectivity index (χ0v) is 19.8. The molecule has 2 fully saturated rings. The van der Waals surface area contributed by atoms with Gasteiger partial charge >= 0.3 is 0 Å². The average molecular weight is 486 g/mol. The van der Waals surface area contributed by atoms with Gasteiger partial charge in [-0.05, 0) is 18.6 Å². The highest BCUT2D eigenvalue weighted by Gasteiger charge is 2.69. The van der Waals surface area contributed by atoms with Crippen molar-refractivity contribution in [3.05, 3.63) is 105 Å². The number of nitrogens with one attached hydrogen (secondary N) is 1. The summed E-state index contributed by atoms with van der Waals surface area (Å²) in [7, 11) is 0. The third kappa shape index (κ3) is 3.10. The number of hydrogen-bond donors (Lipinski definition) is 1. The number of benzene rings is 3. The van der Waals surface area contributed by atoms with E-state index in [-0.39, 0.29) is 29.3 Å². The van der Waals surface area contributed by atoms with Gasteiger partial charge in [0.2, 0.25) is 5.91 Å². The van der Waals surface area contributed by atoms with Crippen molar-refractivity contribution < 1.29 is 14.5 Å². The van der Waals surface area contributed by atoms with Crippen LogP contribution in [0.5, 0.6) is 0 Å². The van der Waals surface area contributed by atoms with E-state index in [9.17, 15) is 19.7 Å². The van der Waals surface area contributed by atoms with Gasteiger partial charge in [-0.3, -0.25) is 24.6 Å². The Labute approximate surface area is 206 Å². The molecule has 2 saturated heterocycles. The number of para-hydroxylation sites is 1. The molecule has 3 heterocycles. The van der Waals surface area contributed by atoms with Crippen molar-refractivity contribution in [2.75, 3.05) is 16.9 Å². The predicted octanol–water partition coefficient (Wildman–Crippen LogP) is 4.72. The minimum atomic E-state index is -1.18. The Kier molecular flexibility index (Phi) is 5.05. The van der Waals surface area contributed by atoms with Gasteiger partial charge in [-0.25, -0.2) is 0 Å². The lowest BCUT2D eigenvalue weighted by molar-refractivity contribution is -0.384. The summed E-state index contributed by atoms with van der Waals surface area (Å²) < 4.78 is 0. The van der Waals surface area contributed by atoms with Gasteiger partial charge in [0.05, 0.1) is 10.8 Å². The van der Waals surface area contributed by atoms with Gasteiger partial charge in [-0.15, -0.1) is 11.8 Å². The number of rotatable bonds is 4. The normalized spacial score (nSPS) is 27.0. The van der Waals surface area contributed by atoms with E-state index in [2.05, 4.69) is 10.2 Å². The second-order valence-corrected chi connectivity index (χ2v) is 10.4. The van der Waals surface area contributed by atoms with Crippen molar-refractivity contribution in [2.24, 2.45) is 5.92 Å². The molecular weight excluding hydrogens is 462 g/mol. The predicted molar refractivity (Wildman–Crippen MR) is 135 cm³/mol. The standard InChI is InChI=1S/C27H23N3O4S/c1-16-9-11-17(12-10-16)25(31)24-23(18-5-4-6-19(13-18)30(33)34)22-14-35-15-29(22)27(24)20-7-2-3-8-21(20)28-26(27)32/h2-13,22-24H,14-15H2,1H3,(H,28,32)/t22-,23-,24-,27+/m0/s1. The monoisotopic (exact) mass is 485 g/mol. The molecule has 1 amide bonds. The lowest BCUT2D eigenvalue weighted by atomic mass is 9.69. The third-order valence-electron chi connectivity index (χ3n) is 7.61. The van der Waals surface area contributed by atoms with E-state index in [1.165, 1.54) is 6.07 Å². The number of ketones is 1. The van der Waals surface area contributed by atoms with Gasteiger partial charge in [0.25, 0.3) is 5.69 Å². The molecule has 0 aromatic heterocycles. The minimum Gasteiger partial charge on any atom is -0.324 e. The maximum atomic E-state index is 14.4. The van der Waals surface area contributed by atoms with Gasteiger partial charge in [-0.1, -0.05) is 60.2 Å². The Bertz CT molecular complexity index is 1370. The molecule has 0 saturated carbocycles. The summed E-state index contributed by atoms with van der Waals surface area (Å²) in [5.74, 6) is -0.0904. The number of carbonyl (C=O) groups excluding carboxylic acids is 2. The molecule has 3 aromatic carbocycles. The lowest BCUT2D eigenvalue weighted by Gasteiger charge is -2.36. The molecule has 0 bridgehead atoms. The molecule has 4 atom stereocenters. The van der Waals surface area contributed by atoms with Gasteiger partial charge in [0, 0.05) is 52.5 Å². The molecular formula is C27H23N3O4S. The number of thioether (sulfide) groups is 1. The Morgan fingerprint density at radius 2 is 1.89 bits per heavy atom. The molecule has 0 radical (unpaired) electrons. The smallest absolute Gasteiger partial charge is 0.269 e. The number of nitro benzene ring substituents is 1. The first-order chi connectivity index (χ1) is 16.9. The van der Waals surface area contributed by atoms with Gasteiger partial charge in [0.1, 0.15) is 5.54 Å². The van der Waals surface area contributed by atoms with E-state index in [0.717, 1.165) is 28.1 Å². The summed E-state index contributed by atoms with van der Waals surface area (Å²) in [5.41, 5.74) is 2.63. The molecule has 0 unspecified atom stereocenters. The number of anilines is 1. The molecule has 35 heavy (non-hydrogen) atoms. The molecule has 8 heteroatoms. The number of non-ortho nitro benzene ring substituents is 1. The van der Waals surface area contributed by atoms with Crippen molar-refractivity contribution in [2.45, 2.75) is 24.4 Å². The van der Waals surface area contributed by atoms with Gasteiger partial charge < -0.3 is 5.32 Å². The maximum absolute atomic E-state index is 14.4. The van der Waals surface area contributed by atoms with E-state index in [4.69, 9.17) is 0 Å². The third-order valence-corrected chi connectivity index (χ3v) is 8.65. The summed E-state index contributed by atoms with van der Waals surface area (Å²) in [6, 6.07) is 21.4. The maximum Gasteiger partial charge on any atom is 0.269 e. The van der Waals surface area contributed by atoms with E-state index >= 15 is 0 Å².